The highest BCUT2D eigenvalue weighted by Gasteiger charge is 2.40. The Balaban J connectivity index is 2.77. The van der Waals surface area contributed by atoms with E-state index >= 15 is 0 Å². The van der Waals surface area contributed by atoms with Gasteiger partial charge in [-0.15, -0.1) is 0 Å². The van der Waals surface area contributed by atoms with Crippen LogP contribution in [0.1, 0.15) is 85.0 Å². The third-order valence-corrected chi connectivity index (χ3v) is 5.42. The first kappa shape index (κ1) is 19.0. The Hall–Kier alpha value is -0.0800. The van der Waals surface area contributed by atoms with E-state index in [2.05, 4.69) is 45.1 Å². The summed E-state index contributed by atoms with van der Waals surface area (Å²) in [6, 6.07) is 0.671. The van der Waals surface area contributed by atoms with Crippen molar-refractivity contribution in [2.45, 2.75) is 96.6 Å². The highest BCUT2D eigenvalue weighted by molar-refractivity contribution is 4.99. The zero-order chi connectivity index (χ0) is 15.7. The van der Waals surface area contributed by atoms with Crippen LogP contribution in [0.3, 0.4) is 0 Å². The lowest BCUT2D eigenvalue weighted by Crippen LogP contribution is -2.59. The van der Waals surface area contributed by atoms with Crippen LogP contribution in [0.25, 0.3) is 0 Å². The standard InChI is InChI=1S/C19H40N2/c1-6-16-20-18(13-11-12-17(2)3)19(21(4)5)14-9-7-8-10-15-19/h17-18,20H,6-16H2,1-5H3. The summed E-state index contributed by atoms with van der Waals surface area (Å²) < 4.78 is 0. The molecule has 0 aromatic heterocycles. The molecule has 1 rings (SSSR count). The number of rotatable bonds is 9. The molecule has 1 N–H and O–H groups in total. The van der Waals surface area contributed by atoms with Gasteiger partial charge < -0.3 is 10.2 Å². The van der Waals surface area contributed by atoms with Gasteiger partial charge in [0.1, 0.15) is 0 Å². The number of nitrogens with one attached hydrogen (secondary N) is 1. The van der Waals surface area contributed by atoms with Crippen LogP contribution in [0.15, 0.2) is 0 Å². The average Bonchev–Trinajstić information content (AvgIpc) is 2.69. The molecule has 0 aliphatic heterocycles. The molecule has 1 saturated carbocycles. The summed E-state index contributed by atoms with van der Waals surface area (Å²) in [6.07, 6.45) is 13.8. The molecule has 1 fully saturated rings. The molecule has 0 aromatic rings. The number of hydrogen-bond acceptors (Lipinski definition) is 2. The molecule has 0 bridgehead atoms. The van der Waals surface area contributed by atoms with Crippen molar-refractivity contribution in [3.8, 4) is 0 Å². The maximum absolute atomic E-state index is 3.92. The van der Waals surface area contributed by atoms with Gasteiger partial charge in [-0.1, -0.05) is 59.3 Å². The van der Waals surface area contributed by atoms with Gasteiger partial charge in [0.05, 0.1) is 0 Å². The SMILES string of the molecule is CCCNC(CCCC(C)C)C1(N(C)C)CCCCCC1. The minimum absolute atomic E-state index is 0.392. The van der Waals surface area contributed by atoms with Crippen molar-refractivity contribution in [1.29, 1.82) is 0 Å². The maximum atomic E-state index is 3.92. The van der Waals surface area contributed by atoms with Gasteiger partial charge in [0.15, 0.2) is 0 Å². The first-order chi connectivity index (χ1) is 10.0. The van der Waals surface area contributed by atoms with Crippen LogP contribution in [0.5, 0.6) is 0 Å². The summed E-state index contributed by atoms with van der Waals surface area (Å²) in [5.74, 6) is 0.835. The van der Waals surface area contributed by atoms with Crippen molar-refractivity contribution in [3.05, 3.63) is 0 Å². The van der Waals surface area contributed by atoms with Gasteiger partial charge in [0.25, 0.3) is 0 Å². The van der Waals surface area contributed by atoms with Crippen LogP contribution >= 0.6 is 0 Å². The Morgan fingerprint density at radius 2 is 1.62 bits per heavy atom. The van der Waals surface area contributed by atoms with Crippen LogP contribution in [0, 0.1) is 5.92 Å². The summed E-state index contributed by atoms with van der Waals surface area (Å²) in [5, 5.41) is 3.92. The van der Waals surface area contributed by atoms with Gasteiger partial charge >= 0.3 is 0 Å². The van der Waals surface area contributed by atoms with E-state index in [0.29, 0.717) is 11.6 Å². The Morgan fingerprint density at radius 3 is 2.10 bits per heavy atom. The number of hydrogen-bond donors (Lipinski definition) is 1. The quantitative estimate of drug-likeness (QED) is 0.613. The first-order valence-corrected chi connectivity index (χ1v) is 9.43. The van der Waals surface area contributed by atoms with Gasteiger partial charge in [0, 0.05) is 11.6 Å². The predicted octanol–water partition coefficient (Wildman–Crippen LogP) is 4.84. The molecule has 0 spiro atoms. The first-order valence-electron chi connectivity index (χ1n) is 9.43. The lowest BCUT2D eigenvalue weighted by molar-refractivity contribution is 0.0746. The Morgan fingerprint density at radius 1 is 1.00 bits per heavy atom. The van der Waals surface area contributed by atoms with Crippen LogP contribution in [-0.4, -0.2) is 37.1 Å². The Kier molecular flexibility index (Phi) is 8.89. The lowest BCUT2D eigenvalue weighted by atomic mass is 9.78. The molecule has 21 heavy (non-hydrogen) atoms. The summed E-state index contributed by atoms with van der Waals surface area (Å²) in [5.41, 5.74) is 0.392. The van der Waals surface area contributed by atoms with Crippen molar-refractivity contribution in [3.63, 3.8) is 0 Å². The molecule has 126 valence electrons. The number of likely N-dealkylation sites (N-methyl/N-ethyl adjacent to an activating group) is 1. The van der Waals surface area contributed by atoms with Gasteiger partial charge in [-0.2, -0.15) is 0 Å². The minimum atomic E-state index is 0.392. The lowest BCUT2D eigenvalue weighted by Gasteiger charge is -2.46. The van der Waals surface area contributed by atoms with E-state index in [4.69, 9.17) is 0 Å². The second-order valence-corrected chi connectivity index (χ2v) is 7.74. The monoisotopic (exact) mass is 296 g/mol. The molecule has 0 saturated heterocycles. The zero-order valence-corrected chi connectivity index (χ0v) is 15.4. The van der Waals surface area contributed by atoms with Crippen molar-refractivity contribution in [1.82, 2.24) is 10.2 Å². The zero-order valence-electron chi connectivity index (χ0n) is 15.4. The molecule has 0 aromatic carbocycles. The van der Waals surface area contributed by atoms with Gasteiger partial charge in [-0.05, 0) is 52.2 Å². The molecule has 1 unspecified atom stereocenters. The molecule has 2 heteroatoms. The van der Waals surface area contributed by atoms with Crippen molar-refractivity contribution >= 4 is 0 Å². The smallest absolute Gasteiger partial charge is 0.0356 e. The molecule has 0 heterocycles. The molecule has 0 amide bonds. The van der Waals surface area contributed by atoms with Crippen LogP contribution < -0.4 is 5.32 Å². The normalized spacial score (nSPS) is 20.7. The predicted molar refractivity (Wildman–Crippen MR) is 94.9 cm³/mol. The highest BCUT2D eigenvalue weighted by atomic mass is 15.2. The largest absolute Gasteiger partial charge is 0.312 e. The molecular weight excluding hydrogens is 256 g/mol. The number of nitrogens with zero attached hydrogens (tertiary/aromatic N) is 1. The third-order valence-electron chi connectivity index (χ3n) is 5.42. The Bertz CT molecular complexity index is 252. The molecule has 2 nitrogen and oxygen atoms in total. The highest BCUT2D eigenvalue weighted by Crippen LogP contribution is 2.36. The molecular formula is C19H40N2. The molecule has 1 aliphatic carbocycles. The van der Waals surface area contributed by atoms with Crippen LogP contribution in [-0.2, 0) is 0 Å². The fraction of sp³-hybridized carbons (Fsp3) is 1.00. The average molecular weight is 297 g/mol. The van der Waals surface area contributed by atoms with Crippen molar-refractivity contribution in [2.24, 2.45) is 5.92 Å². The maximum Gasteiger partial charge on any atom is 0.0356 e. The summed E-state index contributed by atoms with van der Waals surface area (Å²) in [7, 11) is 4.63. The molecule has 0 radical (unpaired) electrons. The molecule has 1 atom stereocenters. The van der Waals surface area contributed by atoms with Gasteiger partial charge in [0.2, 0.25) is 0 Å². The van der Waals surface area contributed by atoms with E-state index in [0.717, 1.165) is 5.92 Å². The third kappa shape index (κ3) is 5.90. The van der Waals surface area contributed by atoms with Crippen molar-refractivity contribution < 1.29 is 0 Å². The van der Waals surface area contributed by atoms with E-state index in [1.165, 1.54) is 70.8 Å². The van der Waals surface area contributed by atoms with E-state index in [9.17, 15) is 0 Å². The Labute approximate surface area is 134 Å². The topological polar surface area (TPSA) is 15.3 Å². The second kappa shape index (κ2) is 9.84. The molecule has 1 aliphatic rings. The second-order valence-electron chi connectivity index (χ2n) is 7.74. The van der Waals surface area contributed by atoms with Crippen LogP contribution in [0.4, 0.5) is 0 Å². The van der Waals surface area contributed by atoms with E-state index < -0.39 is 0 Å². The van der Waals surface area contributed by atoms with Gasteiger partial charge in [-0.25, -0.2) is 0 Å². The summed E-state index contributed by atoms with van der Waals surface area (Å²) in [4.78, 5) is 2.56. The fourth-order valence-corrected chi connectivity index (χ4v) is 4.06. The van der Waals surface area contributed by atoms with Crippen molar-refractivity contribution in [2.75, 3.05) is 20.6 Å². The van der Waals surface area contributed by atoms with E-state index in [1.807, 2.05) is 0 Å². The van der Waals surface area contributed by atoms with Gasteiger partial charge in [-0.3, -0.25) is 0 Å². The summed E-state index contributed by atoms with van der Waals surface area (Å²) >= 11 is 0. The minimum Gasteiger partial charge on any atom is -0.312 e. The fourth-order valence-electron chi connectivity index (χ4n) is 4.06. The van der Waals surface area contributed by atoms with E-state index in [-0.39, 0.29) is 0 Å². The van der Waals surface area contributed by atoms with E-state index in [1.54, 1.807) is 0 Å². The summed E-state index contributed by atoms with van der Waals surface area (Å²) in [6.45, 7) is 8.15. The van der Waals surface area contributed by atoms with Crippen LogP contribution in [0.2, 0.25) is 0 Å².